The van der Waals surface area contributed by atoms with Gasteiger partial charge in [-0.2, -0.15) is 0 Å². The van der Waals surface area contributed by atoms with Crippen molar-refractivity contribution in [3.63, 3.8) is 0 Å². The molecule has 0 N–H and O–H groups in total. The molecule has 0 atom stereocenters. The zero-order chi connectivity index (χ0) is 4.12. The summed E-state index contributed by atoms with van der Waals surface area (Å²) in [5.41, 5.74) is 0. The molecule has 0 fully saturated rings. The third-order valence-corrected chi connectivity index (χ3v) is 1.31. The van der Waals surface area contributed by atoms with Crippen LogP contribution in [-0.4, -0.2) is 6.56 Å². The van der Waals surface area contributed by atoms with Gasteiger partial charge in [0.25, 0.3) is 0 Å². The third-order valence-electron chi connectivity index (χ3n) is 0.281. The lowest BCUT2D eigenvalue weighted by molar-refractivity contribution is 1.48. The highest BCUT2D eigenvalue weighted by Gasteiger charge is 1.76. The molecule has 3 heteroatoms. The predicted octanol–water partition coefficient (Wildman–Crippen LogP) is 1.66. The van der Waals surface area contributed by atoms with Crippen LogP contribution in [0.4, 0.5) is 0 Å². The first-order valence-corrected chi connectivity index (χ1v) is 3.46. The van der Waals surface area contributed by atoms with Crippen molar-refractivity contribution in [2.45, 2.75) is 13.2 Å². The summed E-state index contributed by atoms with van der Waals surface area (Å²) in [7, 11) is 6.59. The zero-order valence-electron chi connectivity index (χ0n) is 3.20. The second-order valence-corrected chi connectivity index (χ2v) is 2.09. The maximum Gasteiger partial charge on any atom is 0.212 e. The fourth-order valence-electron chi connectivity index (χ4n) is 0.0772. The highest BCUT2D eigenvalue weighted by Crippen LogP contribution is 2.02. The van der Waals surface area contributed by atoms with Gasteiger partial charge in [0.1, 0.15) is 0 Å². The second-order valence-electron chi connectivity index (χ2n) is 0.813. The molecule has 5 heavy (non-hydrogen) atoms. The topological polar surface area (TPSA) is 0 Å². The Morgan fingerprint density at radius 2 is 2.60 bits per heavy atom. The molecular weight excluding hydrogens is 102 g/mol. The van der Waals surface area contributed by atoms with Gasteiger partial charge in [0.2, 0.25) is 6.56 Å². The van der Waals surface area contributed by atoms with E-state index in [1.807, 2.05) is 0 Å². The minimum atomic E-state index is 1.07. The molecule has 0 bridgehead atoms. The van der Waals surface area contributed by atoms with E-state index in [0.717, 1.165) is 6.56 Å². The summed E-state index contributed by atoms with van der Waals surface area (Å²) in [6.45, 7) is 3.18. The van der Waals surface area contributed by atoms with Crippen molar-refractivity contribution in [2.24, 2.45) is 0 Å². The summed E-state index contributed by atoms with van der Waals surface area (Å²) in [5, 5.41) is 0. The Bertz CT molecular complexity index is 17.1. The molecule has 30 valence electrons. The van der Waals surface area contributed by atoms with Gasteiger partial charge in [0.05, 0.1) is 0 Å². The smallest absolute Gasteiger partial charge is 0.114 e. The van der Waals surface area contributed by atoms with Crippen molar-refractivity contribution < 1.29 is 0 Å². The molecule has 0 nitrogen and oxygen atoms in total. The van der Waals surface area contributed by atoms with Crippen molar-refractivity contribution in [3.05, 3.63) is 0 Å². The molecule has 0 rings (SSSR count). The molecule has 0 aliphatic heterocycles. The normalized spacial score (nSPS) is 7.60. The minimum Gasteiger partial charge on any atom is -0.114 e. The third kappa shape index (κ3) is 4.70. The Labute approximate surface area is 41.9 Å². The minimum absolute atomic E-state index is 1.07. The molecule has 0 aliphatic rings. The van der Waals surface area contributed by atoms with Crippen LogP contribution in [0.1, 0.15) is 6.92 Å². The van der Waals surface area contributed by atoms with Crippen LogP contribution in [-0.2, 0) is 0 Å². The standard InChI is InChI=1S/C2H6BClS/c1-2-3-5-4/h3H,2H2,1H3. The highest BCUT2D eigenvalue weighted by molar-refractivity contribution is 8.39. The van der Waals surface area contributed by atoms with Crippen molar-refractivity contribution in [3.8, 4) is 0 Å². The monoisotopic (exact) mass is 108 g/mol. The SMILES string of the molecule is CCBSCl. The maximum absolute atomic E-state index is 5.22. The van der Waals surface area contributed by atoms with Crippen molar-refractivity contribution in [1.82, 2.24) is 0 Å². The Morgan fingerprint density at radius 3 is 2.60 bits per heavy atom. The summed E-state index contributed by atoms with van der Waals surface area (Å²) in [6.07, 6.45) is 1.17. The van der Waals surface area contributed by atoms with Gasteiger partial charge >= 0.3 is 0 Å². The average Bonchev–Trinajstić information content (AvgIpc) is 1.41. The molecule has 0 aromatic heterocycles. The van der Waals surface area contributed by atoms with Gasteiger partial charge < -0.3 is 0 Å². The molecule has 0 spiro atoms. The van der Waals surface area contributed by atoms with Gasteiger partial charge in [-0.15, -0.1) is 10.8 Å². The molecule has 0 aromatic rings. The van der Waals surface area contributed by atoms with Crippen LogP contribution in [0.25, 0.3) is 0 Å². The van der Waals surface area contributed by atoms with E-state index < -0.39 is 0 Å². The van der Waals surface area contributed by atoms with Gasteiger partial charge in [-0.25, -0.2) is 0 Å². The Balaban J connectivity index is 2.19. The number of hydrogen-bond acceptors (Lipinski definition) is 1. The van der Waals surface area contributed by atoms with E-state index in [-0.39, 0.29) is 0 Å². The van der Waals surface area contributed by atoms with Crippen molar-refractivity contribution >= 4 is 28.1 Å². The van der Waals surface area contributed by atoms with E-state index in [0.29, 0.717) is 0 Å². The summed E-state index contributed by atoms with van der Waals surface area (Å²) >= 11 is 0. The second kappa shape index (κ2) is 4.70. The van der Waals surface area contributed by atoms with Crippen LogP contribution in [0.3, 0.4) is 0 Å². The zero-order valence-corrected chi connectivity index (χ0v) is 4.77. The van der Waals surface area contributed by atoms with Crippen LogP contribution in [0.5, 0.6) is 0 Å². The Morgan fingerprint density at radius 1 is 2.00 bits per heavy atom. The van der Waals surface area contributed by atoms with Gasteiger partial charge in [-0.3, -0.25) is 0 Å². The summed E-state index contributed by atoms with van der Waals surface area (Å²) in [4.78, 5) is 0. The highest BCUT2D eigenvalue weighted by atomic mass is 35.7. The molecule has 0 aliphatic carbocycles. The number of rotatable bonds is 2. The molecule has 0 radical (unpaired) electrons. The average molecular weight is 108 g/mol. The molecule has 0 saturated heterocycles. The van der Waals surface area contributed by atoms with Gasteiger partial charge in [0.15, 0.2) is 0 Å². The number of hydrogen-bond donors (Lipinski definition) is 0. The molecule has 0 aromatic carbocycles. The van der Waals surface area contributed by atoms with Crippen LogP contribution in [0, 0.1) is 0 Å². The van der Waals surface area contributed by atoms with Crippen LogP contribution < -0.4 is 0 Å². The van der Waals surface area contributed by atoms with E-state index in [1.165, 1.54) is 17.1 Å². The van der Waals surface area contributed by atoms with Crippen LogP contribution in [0.15, 0.2) is 0 Å². The van der Waals surface area contributed by atoms with Gasteiger partial charge in [-0.05, 0) is 0 Å². The van der Waals surface area contributed by atoms with E-state index >= 15 is 0 Å². The van der Waals surface area contributed by atoms with Crippen LogP contribution in [0.2, 0.25) is 6.32 Å². The van der Waals surface area contributed by atoms with E-state index in [9.17, 15) is 0 Å². The van der Waals surface area contributed by atoms with Crippen LogP contribution >= 0.6 is 21.5 Å². The molecule has 0 saturated carbocycles. The van der Waals surface area contributed by atoms with Gasteiger partial charge in [0, 0.05) is 0 Å². The lowest BCUT2D eigenvalue weighted by Gasteiger charge is -1.72. The van der Waals surface area contributed by atoms with E-state index in [4.69, 9.17) is 10.7 Å². The Hall–Kier alpha value is 0.705. The molecule has 0 unspecified atom stereocenters. The fourth-order valence-corrected chi connectivity index (χ4v) is 0.694. The van der Waals surface area contributed by atoms with E-state index in [1.54, 1.807) is 0 Å². The van der Waals surface area contributed by atoms with Gasteiger partial charge in [-0.1, -0.05) is 23.9 Å². The number of halogens is 1. The summed E-state index contributed by atoms with van der Waals surface area (Å²) in [6, 6.07) is 0. The summed E-state index contributed by atoms with van der Waals surface area (Å²) in [5.74, 6) is 0. The van der Waals surface area contributed by atoms with Crippen molar-refractivity contribution in [1.29, 1.82) is 0 Å². The quantitative estimate of drug-likeness (QED) is 0.485. The predicted molar refractivity (Wildman–Crippen MR) is 31.1 cm³/mol. The Kier molecular flexibility index (Phi) is 5.37. The largest absolute Gasteiger partial charge is 0.212 e. The van der Waals surface area contributed by atoms with E-state index in [2.05, 4.69) is 6.92 Å². The fraction of sp³-hybridized carbons (Fsp3) is 1.00. The maximum atomic E-state index is 5.22. The first-order valence-electron chi connectivity index (χ1n) is 1.65. The first-order chi connectivity index (χ1) is 2.41. The van der Waals surface area contributed by atoms with Crippen molar-refractivity contribution in [2.75, 3.05) is 0 Å². The molecule has 0 amide bonds. The summed E-state index contributed by atoms with van der Waals surface area (Å²) < 4.78 is 0. The first kappa shape index (κ1) is 5.70. The lowest BCUT2D eigenvalue weighted by Crippen LogP contribution is -1.66. The molecular formula is C2H6BClS. The lowest BCUT2D eigenvalue weighted by atomic mass is 10.1. The molecule has 0 heterocycles.